The normalized spacial score (nSPS) is 8.94. The van der Waals surface area contributed by atoms with Crippen molar-refractivity contribution in [2.24, 2.45) is 0 Å². The van der Waals surface area contributed by atoms with Gasteiger partial charge in [0.25, 0.3) is 5.91 Å². The number of thiocarbonyl (C=S) groups is 1. The van der Waals surface area contributed by atoms with Gasteiger partial charge in [0.2, 0.25) is 0 Å². The van der Waals surface area contributed by atoms with Crippen LogP contribution in [0.1, 0.15) is 12.0 Å². The van der Waals surface area contributed by atoms with Crippen molar-refractivity contribution in [1.82, 2.24) is 10.9 Å². The Hall–Kier alpha value is -2.13. The van der Waals surface area contributed by atoms with Crippen LogP contribution in [0.3, 0.4) is 0 Å². The molecule has 0 spiro atoms. The summed E-state index contributed by atoms with van der Waals surface area (Å²) in [5.74, 6) is -0.430. The van der Waals surface area contributed by atoms with E-state index < -0.39 is 5.91 Å². The molecule has 0 unspecified atom stereocenters. The van der Waals surface area contributed by atoms with Crippen molar-refractivity contribution < 1.29 is 4.79 Å². The van der Waals surface area contributed by atoms with Crippen LogP contribution in [0, 0.1) is 18.3 Å². The van der Waals surface area contributed by atoms with E-state index in [4.69, 9.17) is 17.5 Å². The Morgan fingerprint density at radius 2 is 2.00 bits per heavy atom. The summed E-state index contributed by atoms with van der Waals surface area (Å²) < 4.78 is 0. The largest absolute Gasteiger partial charge is 0.331 e. The Morgan fingerprint density at radius 1 is 1.35 bits per heavy atom. The summed E-state index contributed by atoms with van der Waals surface area (Å²) >= 11 is 4.95. The number of hydrogen-bond acceptors (Lipinski definition) is 3. The number of hydrazine groups is 1. The van der Waals surface area contributed by atoms with Crippen LogP contribution >= 0.6 is 12.2 Å². The lowest BCUT2D eigenvalue weighted by Crippen LogP contribution is -2.43. The molecule has 0 bridgehead atoms. The minimum atomic E-state index is -0.430. The van der Waals surface area contributed by atoms with E-state index in [-0.39, 0.29) is 11.5 Å². The number of anilines is 1. The van der Waals surface area contributed by atoms with Crippen LogP contribution < -0.4 is 16.2 Å². The lowest BCUT2D eigenvalue weighted by Gasteiger charge is -2.10. The van der Waals surface area contributed by atoms with Crippen LogP contribution in [0.15, 0.2) is 24.3 Å². The highest BCUT2D eigenvalue weighted by atomic mass is 32.1. The third-order valence-electron chi connectivity index (χ3n) is 1.86. The highest BCUT2D eigenvalue weighted by Crippen LogP contribution is 2.07. The standard InChI is InChI=1S/C11H12N4OS/c1-8-2-4-9(5-3-8)13-11(17)15-14-10(16)6-7-12/h2-5H,6H2,1H3,(H,14,16)(H2,13,15,17). The van der Waals surface area contributed by atoms with Gasteiger partial charge in [0.05, 0.1) is 6.07 Å². The van der Waals surface area contributed by atoms with Gasteiger partial charge in [0.1, 0.15) is 6.42 Å². The average Bonchev–Trinajstić information content (AvgIpc) is 2.30. The number of carbonyl (C=O) groups is 1. The van der Waals surface area contributed by atoms with E-state index in [1.807, 2.05) is 31.2 Å². The van der Waals surface area contributed by atoms with Crippen molar-refractivity contribution in [3.8, 4) is 6.07 Å². The maximum Gasteiger partial charge on any atom is 0.252 e. The van der Waals surface area contributed by atoms with Gasteiger partial charge in [0, 0.05) is 5.69 Å². The lowest BCUT2D eigenvalue weighted by atomic mass is 10.2. The molecule has 0 radical (unpaired) electrons. The second-order valence-electron chi connectivity index (χ2n) is 3.33. The van der Waals surface area contributed by atoms with Crippen LogP contribution in [0.25, 0.3) is 0 Å². The molecule has 5 nitrogen and oxygen atoms in total. The molecule has 0 heterocycles. The van der Waals surface area contributed by atoms with E-state index in [1.54, 1.807) is 6.07 Å². The summed E-state index contributed by atoms with van der Waals surface area (Å²) in [7, 11) is 0. The quantitative estimate of drug-likeness (QED) is 0.542. The molecule has 1 aromatic rings. The number of rotatable bonds is 2. The molecule has 0 atom stereocenters. The van der Waals surface area contributed by atoms with Crippen LogP contribution in [0.2, 0.25) is 0 Å². The van der Waals surface area contributed by atoms with Gasteiger partial charge in [-0.1, -0.05) is 17.7 Å². The molecule has 0 aliphatic carbocycles. The Morgan fingerprint density at radius 3 is 2.59 bits per heavy atom. The molecule has 3 N–H and O–H groups in total. The highest BCUT2D eigenvalue weighted by molar-refractivity contribution is 7.80. The molecule has 0 fully saturated rings. The molecule has 0 aliphatic heterocycles. The molecule has 1 aromatic carbocycles. The number of nitriles is 1. The zero-order chi connectivity index (χ0) is 12.7. The van der Waals surface area contributed by atoms with Crippen LogP contribution in [0.4, 0.5) is 5.69 Å². The first kappa shape index (κ1) is 12.9. The third kappa shape index (κ3) is 4.95. The Labute approximate surface area is 105 Å². The number of carbonyl (C=O) groups excluding carboxylic acids is 1. The van der Waals surface area contributed by atoms with Crippen molar-refractivity contribution in [3.63, 3.8) is 0 Å². The molecule has 6 heteroatoms. The maximum atomic E-state index is 11.0. The molecule has 0 saturated heterocycles. The Bertz CT molecular complexity index is 450. The third-order valence-corrected chi connectivity index (χ3v) is 2.07. The zero-order valence-corrected chi connectivity index (χ0v) is 10.1. The van der Waals surface area contributed by atoms with Gasteiger partial charge in [0.15, 0.2) is 5.11 Å². The van der Waals surface area contributed by atoms with Crippen molar-refractivity contribution >= 4 is 28.9 Å². The van der Waals surface area contributed by atoms with Crippen LogP contribution in [-0.4, -0.2) is 11.0 Å². The monoisotopic (exact) mass is 248 g/mol. The number of hydrogen-bond donors (Lipinski definition) is 3. The summed E-state index contributed by atoms with van der Waals surface area (Å²) in [5, 5.41) is 11.4. The van der Waals surface area contributed by atoms with Crippen molar-refractivity contribution in [1.29, 1.82) is 5.26 Å². The van der Waals surface area contributed by atoms with Gasteiger partial charge in [-0.25, -0.2) is 0 Å². The van der Waals surface area contributed by atoms with Crippen LogP contribution in [-0.2, 0) is 4.79 Å². The van der Waals surface area contributed by atoms with E-state index in [0.29, 0.717) is 0 Å². The van der Waals surface area contributed by atoms with Gasteiger partial charge in [-0.3, -0.25) is 15.6 Å². The summed E-state index contributed by atoms with van der Waals surface area (Å²) in [6.07, 6.45) is -0.208. The zero-order valence-electron chi connectivity index (χ0n) is 9.28. The second-order valence-corrected chi connectivity index (χ2v) is 3.74. The predicted molar refractivity (Wildman–Crippen MR) is 68.9 cm³/mol. The van der Waals surface area contributed by atoms with E-state index in [2.05, 4.69) is 16.2 Å². The SMILES string of the molecule is Cc1ccc(NC(=S)NNC(=O)CC#N)cc1. The highest BCUT2D eigenvalue weighted by Gasteiger charge is 2.00. The fraction of sp³-hybridized carbons (Fsp3) is 0.182. The fourth-order valence-corrected chi connectivity index (χ4v) is 1.21. The smallest absolute Gasteiger partial charge is 0.252 e. The first-order chi connectivity index (χ1) is 8.11. The fourth-order valence-electron chi connectivity index (χ4n) is 1.04. The number of nitrogens with one attached hydrogen (secondary N) is 3. The minimum Gasteiger partial charge on any atom is -0.331 e. The lowest BCUT2D eigenvalue weighted by molar-refractivity contribution is -0.120. The van der Waals surface area contributed by atoms with E-state index in [1.165, 1.54) is 0 Å². The average molecular weight is 248 g/mol. The number of nitrogens with zero attached hydrogens (tertiary/aromatic N) is 1. The number of aryl methyl sites for hydroxylation is 1. The summed E-state index contributed by atoms with van der Waals surface area (Å²) in [4.78, 5) is 11.0. The first-order valence-corrected chi connectivity index (χ1v) is 5.32. The molecule has 1 rings (SSSR count). The summed E-state index contributed by atoms with van der Waals surface area (Å²) in [5.41, 5.74) is 6.77. The molecule has 0 saturated carbocycles. The van der Waals surface area contributed by atoms with Gasteiger partial charge in [-0.2, -0.15) is 5.26 Å². The predicted octanol–water partition coefficient (Wildman–Crippen LogP) is 1.23. The molecule has 1 amide bonds. The van der Waals surface area contributed by atoms with Gasteiger partial charge in [-0.15, -0.1) is 0 Å². The Balaban J connectivity index is 2.37. The van der Waals surface area contributed by atoms with Gasteiger partial charge < -0.3 is 5.32 Å². The van der Waals surface area contributed by atoms with E-state index in [0.717, 1.165) is 11.3 Å². The van der Waals surface area contributed by atoms with Crippen molar-refractivity contribution in [2.75, 3.05) is 5.32 Å². The van der Waals surface area contributed by atoms with Crippen molar-refractivity contribution in [2.45, 2.75) is 13.3 Å². The number of benzene rings is 1. The molecule has 0 aliphatic rings. The number of amides is 1. The maximum absolute atomic E-state index is 11.0. The molecule has 17 heavy (non-hydrogen) atoms. The first-order valence-electron chi connectivity index (χ1n) is 4.91. The topological polar surface area (TPSA) is 76.9 Å². The van der Waals surface area contributed by atoms with Gasteiger partial charge >= 0.3 is 0 Å². The van der Waals surface area contributed by atoms with Crippen molar-refractivity contribution in [3.05, 3.63) is 29.8 Å². The minimum absolute atomic E-state index is 0.208. The molecule has 88 valence electrons. The summed E-state index contributed by atoms with van der Waals surface area (Å²) in [6, 6.07) is 9.37. The van der Waals surface area contributed by atoms with Crippen LogP contribution in [0.5, 0.6) is 0 Å². The Kier molecular flexibility index (Phi) is 4.91. The molecular weight excluding hydrogens is 236 g/mol. The van der Waals surface area contributed by atoms with E-state index >= 15 is 0 Å². The van der Waals surface area contributed by atoms with Gasteiger partial charge in [-0.05, 0) is 31.3 Å². The molecule has 0 aromatic heterocycles. The summed E-state index contributed by atoms with van der Waals surface area (Å²) in [6.45, 7) is 1.99. The second kappa shape index (κ2) is 6.45. The molecular formula is C11H12N4OS. The van der Waals surface area contributed by atoms with E-state index in [9.17, 15) is 4.79 Å².